The summed E-state index contributed by atoms with van der Waals surface area (Å²) in [4.78, 5) is 34.2. The van der Waals surface area contributed by atoms with Gasteiger partial charge in [0.05, 0.1) is 5.56 Å². The molecule has 1 amide bonds. The first-order valence-corrected chi connectivity index (χ1v) is 5.83. The van der Waals surface area contributed by atoms with Crippen LogP contribution in [0, 0.1) is 4.91 Å². The number of hydrogen-bond donors (Lipinski definition) is 1. The Morgan fingerprint density at radius 1 is 1.37 bits per heavy atom. The van der Waals surface area contributed by atoms with Gasteiger partial charge in [-0.1, -0.05) is 0 Å². The highest BCUT2D eigenvalue weighted by molar-refractivity contribution is 6.45. The fourth-order valence-electron chi connectivity index (χ4n) is 1.98. The number of fused-ring (bicyclic) bond motifs is 1. The molecule has 0 atom stereocenters. The van der Waals surface area contributed by atoms with Gasteiger partial charge in [0.15, 0.2) is 0 Å². The molecule has 0 radical (unpaired) electrons. The molecule has 0 aliphatic carbocycles. The summed E-state index contributed by atoms with van der Waals surface area (Å²) in [5.41, 5.74) is 1.26. The quantitative estimate of drug-likeness (QED) is 0.517. The van der Waals surface area contributed by atoms with E-state index in [1.54, 1.807) is 36.9 Å². The van der Waals surface area contributed by atoms with E-state index in [9.17, 15) is 14.5 Å². The molecule has 0 aliphatic rings. The minimum Gasteiger partial charge on any atom is -0.350 e. The molecule has 6 nitrogen and oxygen atoms in total. The number of ketones is 1. The summed E-state index contributed by atoms with van der Waals surface area (Å²) in [5, 5.41) is 5.86. The molecule has 1 N–H and O–H groups in total. The number of likely N-dealkylation sites (N-methyl/N-ethyl adjacent to an activating group) is 1. The molecular formula is C13H13N3O3. The van der Waals surface area contributed by atoms with Crippen molar-refractivity contribution in [2.45, 2.75) is 6.92 Å². The largest absolute Gasteiger partial charge is 0.350 e. The summed E-state index contributed by atoms with van der Waals surface area (Å²) in [5.74, 6) is -1.27. The minimum atomic E-state index is -0.653. The van der Waals surface area contributed by atoms with E-state index in [2.05, 4.69) is 10.5 Å². The second-order valence-corrected chi connectivity index (χ2v) is 4.13. The molecule has 1 heterocycles. The van der Waals surface area contributed by atoms with Crippen LogP contribution in [0.15, 0.2) is 29.6 Å². The number of rotatable bonds is 4. The van der Waals surface area contributed by atoms with Gasteiger partial charge in [-0.05, 0) is 30.3 Å². The van der Waals surface area contributed by atoms with E-state index in [1.165, 1.54) is 6.07 Å². The van der Waals surface area contributed by atoms with Gasteiger partial charge in [0, 0.05) is 30.7 Å². The van der Waals surface area contributed by atoms with Crippen LogP contribution in [0.3, 0.4) is 0 Å². The molecule has 1 aromatic carbocycles. The van der Waals surface area contributed by atoms with Gasteiger partial charge in [0.25, 0.3) is 11.7 Å². The lowest BCUT2D eigenvalue weighted by Gasteiger charge is -2.00. The van der Waals surface area contributed by atoms with Crippen molar-refractivity contribution in [2.75, 3.05) is 6.54 Å². The lowest BCUT2D eigenvalue weighted by Crippen LogP contribution is -2.30. The Labute approximate surface area is 109 Å². The number of hydrogen-bond acceptors (Lipinski definition) is 4. The Hall–Kier alpha value is -2.50. The van der Waals surface area contributed by atoms with Crippen LogP contribution >= 0.6 is 0 Å². The number of amides is 1. The topological polar surface area (TPSA) is 80.5 Å². The van der Waals surface area contributed by atoms with E-state index in [-0.39, 0.29) is 11.3 Å². The molecule has 0 unspecified atom stereocenters. The van der Waals surface area contributed by atoms with Gasteiger partial charge in [-0.25, -0.2) is 0 Å². The SMILES string of the molecule is CCNC(=O)C(=O)c1cn(C)c2ccc(N=O)cc12. The molecule has 0 aliphatic heterocycles. The van der Waals surface area contributed by atoms with Crippen molar-refractivity contribution in [3.05, 3.63) is 34.9 Å². The zero-order valence-corrected chi connectivity index (χ0v) is 10.6. The number of nitrogens with zero attached hydrogens (tertiary/aromatic N) is 2. The summed E-state index contributed by atoms with van der Waals surface area (Å²) < 4.78 is 1.73. The summed E-state index contributed by atoms with van der Waals surface area (Å²) in [7, 11) is 1.77. The summed E-state index contributed by atoms with van der Waals surface area (Å²) in [6.45, 7) is 2.12. The molecule has 6 heteroatoms. The van der Waals surface area contributed by atoms with E-state index in [0.29, 0.717) is 11.9 Å². The fraction of sp³-hybridized carbons (Fsp3) is 0.231. The van der Waals surface area contributed by atoms with Crippen LogP contribution in [0.4, 0.5) is 5.69 Å². The number of nitroso groups, excluding NO2 is 1. The normalized spacial score (nSPS) is 10.4. The Morgan fingerprint density at radius 2 is 2.11 bits per heavy atom. The maximum absolute atomic E-state index is 12.0. The molecule has 1 aromatic heterocycles. The van der Waals surface area contributed by atoms with Crippen molar-refractivity contribution in [3.63, 3.8) is 0 Å². The number of aryl methyl sites for hydroxylation is 1. The Bertz CT molecular complexity index is 673. The predicted molar refractivity (Wildman–Crippen MR) is 71.4 cm³/mol. The van der Waals surface area contributed by atoms with Crippen LogP contribution in [-0.2, 0) is 11.8 Å². The molecule has 0 spiro atoms. The van der Waals surface area contributed by atoms with E-state index < -0.39 is 11.7 Å². The number of aromatic nitrogens is 1. The molecule has 0 saturated carbocycles. The average Bonchev–Trinajstić information content (AvgIpc) is 2.75. The van der Waals surface area contributed by atoms with Crippen LogP contribution < -0.4 is 5.32 Å². The van der Waals surface area contributed by atoms with E-state index in [4.69, 9.17) is 0 Å². The van der Waals surface area contributed by atoms with Crippen LogP contribution in [0.5, 0.6) is 0 Å². The second-order valence-electron chi connectivity index (χ2n) is 4.13. The van der Waals surface area contributed by atoms with Crippen LogP contribution in [0.1, 0.15) is 17.3 Å². The molecule has 98 valence electrons. The van der Waals surface area contributed by atoms with Gasteiger partial charge in [0.2, 0.25) is 0 Å². The zero-order valence-electron chi connectivity index (χ0n) is 10.6. The first-order valence-electron chi connectivity index (χ1n) is 5.83. The highest BCUT2D eigenvalue weighted by Crippen LogP contribution is 2.26. The summed E-state index contributed by atoms with van der Waals surface area (Å²) in [6.07, 6.45) is 1.58. The molecule has 19 heavy (non-hydrogen) atoms. The van der Waals surface area contributed by atoms with Crippen LogP contribution in [-0.4, -0.2) is 22.8 Å². The number of carbonyl (C=O) groups is 2. The molecule has 0 saturated heterocycles. The van der Waals surface area contributed by atoms with Crippen LogP contribution in [0.25, 0.3) is 10.9 Å². The average molecular weight is 259 g/mol. The predicted octanol–water partition coefficient (Wildman–Crippen LogP) is 1.89. The molecule has 2 rings (SSSR count). The van der Waals surface area contributed by atoms with Crippen molar-refractivity contribution < 1.29 is 9.59 Å². The van der Waals surface area contributed by atoms with Crippen LogP contribution in [0.2, 0.25) is 0 Å². The maximum atomic E-state index is 12.0. The zero-order chi connectivity index (χ0) is 14.0. The Balaban J connectivity index is 2.57. The first-order chi connectivity index (χ1) is 9.08. The van der Waals surface area contributed by atoms with E-state index >= 15 is 0 Å². The monoisotopic (exact) mass is 259 g/mol. The second kappa shape index (κ2) is 5.01. The van der Waals surface area contributed by atoms with Crippen molar-refractivity contribution in [1.82, 2.24) is 9.88 Å². The third kappa shape index (κ3) is 2.24. The lowest BCUT2D eigenvalue weighted by atomic mass is 10.1. The summed E-state index contributed by atoms with van der Waals surface area (Å²) >= 11 is 0. The smallest absolute Gasteiger partial charge is 0.292 e. The van der Waals surface area contributed by atoms with Crippen molar-refractivity contribution >= 4 is 28.3 Å². The van der Waals surface area contributed by atoms with Crippen molar-refractivity contribution in [1.29, 1.82) is 0 Å². The van der Waals surface area contributed by atoms with Gasteiger partial charge in [-0.3, -0.25) is 9.59 Å². The van der Waals surface area contributed by atoms with Gasteiger partial charge >= 0.3 is 0 Å². The maximum Gasteiger partial charge on any atom is 0.292 e. The van der Waals surface area contributed by atoms with E-state index in [1.807, 2.05) is 0 Å². The molecular weight excluding hydrogens is 246 g/mol. The molecule has 0 bridgehead atoms. The third-order valence-electron chi connectivity index (χ3n) is 2.87. The standard InChI is InChI=1S/C13H13N3O3/c1-3-14-13(18)12(17)10-7-16(2)11-5-4-8(15-19)6-9(10)11/h4-7H,3H2,1-2H3,(H,14,18). The fourth-order valence-corrected chi connectivity index (χ4v) is 1.98. The Kier molecular flexibility index (Phi) is 3.41. The van der Waals surface area contributed by atoms with Gasteiger partial charge in [-0.2, -0.15) is 0 Å². The number of Topliss-reactive ketones (excluding diaryl/α,β-unsaturated/α-hetero) is 1. The van der Waals surface area contributed by atoms with Gasteiger partial charge in [0.1, 0.15) is 5.69 Å². The Morgan fingerprint density at radius 3 is 2.74 bits per heavy atom. The van der Waals surface area contributed by atoms with Crippen molar-refractivity contribution in [3.8, 4) is 0 Å². The third-order valence-corrected chi connectivity index (χ3v) is 2.87. The van der Waals surface area contributed by atoms with Crippen molar-refractivity contribution in [2.24, 2.45) is 12.2 Å². The molecule has 2 aromatic rings. The lowest BCUT2D eigenvalue weighted by molar-refractivity contribution is -0.116. The highest BCUT2D eigenvalue weighted by atomic mass is 16.3. The minimum absolute atomic E-state index is 0.226. The van der Waals surface area contributed by atoms with E-state index in [0.717, 1.165) is 5.52 Å². The highest BCUT2D eigenvalue weighted by Gasteiger charge is 2.20. The number of nitrogens with one attached hydrogen (secondary N) is 1. The molecule has 0 fully saturated rings. The summed E-state index contributed by atoms with van der Waals surface area (Å²) in [6, 6.07) is 4.77. The number of carbonyl (C=O) groups excluding carboxylic acids is 2. The number of benzene rings is 1. The van der Waals surface area contributed by atoms with Gasteiger partial charge < -0.3 is 9.88 Å². The van der Waals surface area contributed by atoms with Gasteiger partial charge in [-0.15, -0.1) is 4.91 Å². The first kappa shape index (κ1) is 12.9.